The van der Waals surface area contributed by atoms with Crippen molar-refractivity contribution in [3.05, 3.63) is 49.9 Å². The molecule has 0 saturated carbocycles. The van der Waals surface area contributed by atoms with Crippen molar-refractivity contribution < 1.29 is 4.79 Å². The van der Waals surface area contributed by atoms with Crippen molar-refractivity contribution in [3.8, 4) is 0 Å². The van der Waals surface area contributed by atoms with Crippen molar-refractivity contribution in [2.24, 2.45) is 0 Å². The molecule has 0 aliphatic heterocycles. The quantitative estimate of drug-likeness (QED) is 0.857. The van der Waals surface area contributed by atoms with Gasteiger partial charge in [0, 0.05) is 23.8 Å². The van der Waals surface area contributed by atoms with Crippen LogP contribution in [0.1, 0.15) is 20.9 Å². The van der Waals surface area contributed by atoms with Gasteiger partial charge in [-0.3, -0.25) is 9.78 Å². The van der Waals surface area contributed by atoms with Crippen molar-refractivity contribution in [2.75, 3.05) is 7.05 Å². The highest BCUT2D eigenvalue weighted by molar-refractivity contribution is 7.16. The van der Waals surface area contributed by atoms with Gasteiger partial charge < -0.3 is 4.90 Å². The fourth-order valence-electron chi connectivity index (χ4n) is 1.63. The number of aromatic nitrogens is 1. The maximum atomic E-state index is 12.3. The van der Waals surface area contributed by atoms with Crippen LogP contribution in [0.4, 0.5) is 0 Å². The van der Waals surface area contributed by atoms with Gasteiger partial charge in [0.2, 0.25) is 0 Å². The van der Waals surface area contributed by atoms with E-state index in [2.05, 4.69) is 4.98 Å². The summed E-state index contributed by atoms with van der Waals surface area (Å²) in [4.78, 5) is 19.0. The number of aryl methyl sites for hydroxylation is 1. The number of hydrogen-bond acceptors (Lipinski definition) is 3. The first-order chi connectivity index (χ1) is 8.97. The second-order valence-electron chi connectivity index (χ2n) is 4.17. The molecule has 100 valence electrons. The van der Waals surface area contributed by atoms with Gasteiger partial charge in [0.15, 0.2) is 0 Å². The van der Waals surface area contributed by atoms with E-state index in [1.165, 1.54) is 17.5 Å². The SMILES string of the molecule is Cc1cc(Cl)c(C(=O)N(C)Cc2ccc(Cl)s2)cn1. The Morgan fingerprint density at radius 1 is 1.42 bits per heavy atom. The third kappa shape index (κ3) is 3.47. The van der Waals surface area contributed by atoms with Crippen LogP contribution >= 0.6 is 34.5 Å². The molecule has 2 aromatic rings. The molecule has 0 radical (unpaired) electrons. The van der Waals surface area contributed by atoms with E-state index in [1.807, 2.05) is 19.1 Å². The number of carbonyl (C=O) groups is 1. The number of pyridine rings is 1. The third-order valence-electron chi connectivity index (χ3n) is 2.59. The van der Waals surface area contributed by atoms with Gasteiger partial charge in [-0.05, 0) is 25.1 Å². The highest BCUT2D eigenvalue weighted by Crippen LogP contribution is 2.23. The molecule has 0 saturated heterocycles. The van der Waals surface area contributed by atoms with Crippen LogP contribution in [-0.2, 0) is 6.54 Å². The lowest BCUT2D eigenvalue weighted by Gasteiger charge is -2.16. The van der Waals surface area contributed by atoms with Crippen molar-refractivity contribution in [2.45, 2.75) is 13.5 Å². The zero-order valence-electron chi connectivity index (χ0n) is 10.5. The van der Waals surface area contributed by atoms with E-state index in [-0.39, 0.29) is 5.91 Å². The highest BCUT2D eigenvalue weighted by atomic mass is 35.5. The first kappa shape index (κ1) is 14.3. The highest BCUT2D eigenvalue weighted by Gasteiger charge is 2.16. The van der Waals surface area contributed by atoms with Crippen LogP contribution in [0.2, 0.25) is 9.36 Å². The Bertz CT molecular complexity index is 612. The fraction of sp³-hybridized carbons (Fsp3) is 0.231. The summed E-state index contributed by atoms with van der Waals surface area (Å²) in [5, 5.41) is 0.425. The zero-order chi connectivity index (χ0) is 14.0. The Morgan fingerprint density at radius 2 is 2.16 bits per heavy atom. The summed E-state index contributed by atoms with van der Waals surface area (Å²) in [6.07, 6.45) is 1.51. The van der Waals surface area contributed by atoms with Crippen LogP contribution in [0.15, 0.2) is 24.4 Å². The molecule has 0 bridgehead atoms. The van der Waals surface area contributed by atoms with E-state index in [9.17, 15) is 4.79 Å². The van der Waals surface area contributed by atoms with E-state index in [0.29, 0.717) is 21.5 Å². The lowest BCUT2D eigenvalue weighted by Crippen LogP contribution is -2.26. The van der Waals surface area contributed by atoms with Crippen LogP contribution in [0.5, 0.6) is 0 Å². The van der Waals surface area contributed by atoms with Crippen molar-refractivity contribution in [1.29, 1.82) is 0 Å². The monoisotopic (exact) mass is 314 g/mol. The molecule has 19 heavy (non-hydrogen) atoms. The molecule has 2 heterocycles. The van der Waals surface area contributed by atoms with E-state index in [1.54, 1.807) is 18.0 Å². The number of thiophene rings is 1. The minimum Gasteiger partial charge on any atom is -0.336 e. The number of halogens is 2. The van der Waals surface area contributed by atoms with E-state index < -0.39 is 0 Å². The topological polar surface area (TPSA) is 33.2 Å². The Labute approximate surface area is 125 Å². The minimum atomic E-state index is -0.151. The molecule has 3 nitrogen and oxygen atoms in total. The predicted octanol–water partition coefficient (Wildman–Crippen LogP) is 4.03. The molecule has 0 N–H and O–H groups in total. The fourth-order valence-corrected chi connectivity index (χ4v) is 3.06. The van der Waals surface area contributed by atoms with Gasteiger partial charge in [-0.2, -0.15) is 0 Å². The van der Waals surface area contributed by atoms with Gasteiger partial charge in [0.25, 0.3) is 5.91 Å². The molecular formula is C13H12Cl2N2OS. The Morgan fingerprint density at radius 3 is 2.74 bits per heavy atom. The summed E-state index contributed by atoms with van der Waals surface area (Å²) in [6.45, 7) is 2.33. The molecule has 6 heteroatoms. The van der Waals surface area contributed by atoms with E-state index in [0.717, 1.165) is 10.6 Å². The van der Waals surface area contributed by atoms with E-state index in [4.69, 9.17) is 23.2 Å². The molecule has 0 unspecified atom stereocenters. The summed E-state index contributed by atoms with van der Waals surface area (Å²) in [6, 6.07) is 5.41. The average molecular weight is 315 g/mol. The maximum absolute atomic E-state index is 12.3. The molecule has 0 aromatic carbocycles. The van der Waals surface area contributed by atoms with Crippen LogP contribution in [0.25, 0.3) is 0 Å². The summed E-state index contributed by atoms with van der Waals surface area (Å²) in [5.74, 6) is -0.151. The zero-order valence-corrected chi connectivity index (χ0v) is 12.8. The molecule has 0 spiro atoms. The summed E-state index contributed by atoms with van der Waals surface area (Å²) < 4.78 is 0.714. The largest absolute Gasteiger partial charge is 0.336 e. The van der Waals surface area contributed by atoms with Gasteiger partial charge >= 0.3 is 0 Å². The van der Waals surface area contributed by atoms with Crippen LogP contribution in [0, 0.1) is 6.92 Å². The first-order valence-corrected chi connectivity index (χ1v) is 7.16. The normalized spacial score (nSPS) is 10.5. The maximum Gasteiger partial charge on any atom is 0.257 e. The standard InChI is InChI=1S/C13H12Cl2N2OS/c1-8-5-11(14)10(6-16-8)13(18)17(2)7-9-3-4-12(15)19-9/h3-6H,7H2,1-2H3. The number of rotatable bonds is 3. The molecular weight excluding hydrogens is 303 g/mol. The average Bonchev–Trinajstić information content (AvgIpc) is 2.74. The van der Waals surface area contributed by atoms with Gasteiger partial charge in [-0.1, -0.05) is 23.2 Å². The van der Waals surface area contributed by atoms with E-state index >= 15 is 0 Å². The Balaban J connectivity index is 2.14. The number of amides is 1. The van der Waals surface area contributed by atoms with Crippen molar-refractivity contribution >= 4 is 40.4 Å². The predicted molar refractivity (Wildman–Crippen MR) is 79.1 cm³/mol. The second-order valence-corrected chi connectivity index (χ2v) is 6.38. The molecule has 2 aromatic heterocycles. The van der Waals surface area contributed by atoms with Gasteiger partial charge in [0.1, 0.15) is 0 Å². The van der Waals surface area contributed by atoms with Crippen LogP contribution in [0.3, 0.4) is 0 Å². The molecule has 2 rings (SSSR count). The smallest absolute Gasteiger partial charge is 0.257 e. The number of hydrogen-bond donors (Lipinski definition) is 0. The second kappa shape index (κ2) is 5.90. The molecule has 1 amide bonds. The first-order valence-electron chi connectivity index (χ1n) is 5.59. The van der Waals surface area contributed by atoms with Crippen molar-refractivity contribution in [3.63, 3.8) is 0 Å². The third-order valence-corrected chi connectivity index (χ3v) is 4.12. The minimum absolute atomic E-state index is 0.151. The summed E-state index contributed by atoms with van der Waals surface area (Å²) in [7, 11) is 1.73. The van der Waals surface area contributed by atoms with Gasteiger partial charge in [0.05, 0.1) is 21.5 Å². The van der Waals surface area contributed by atoms with Crippen molar-refractivity contribution in [1.82, 2.24) is 9.88 Å². The summed E-state index contributed by atoms with van der Waals surface area (Å²) in [5.41, 5.74) is 1.20. The number of carbonyl (C=O) groups excluding carboxylic acids is 1. The Hall–Kier alpha value is -1.10. The molecule has 0 atom stereocenters. The molecule has 0 aliphatic rings. The number of nitrogens with zero attached hydrogens (tertiary/aromatic N) is 2. The lowest BCUT2D eigenvalue weighted by atomic mass is 10.2. The lowest BCUT2D eigenvalue weighted by molar-refractivity contribution is 0.0786. The van der Waals surface area contributed by atoms with Gasteiger partial charge in [-0.15, -0.1) is 11.3 Å². The van der Waals surface area contributed by atoms with Crippen LogP contribution < -0.4 is 0 Å². The van der Waals surface area contributed by atoms with Gasteiger partial charge in [-0.25, -0.2) is 0 Å². The van der Waals surface area contributed by atoms with Crippen LogP contribution in [-0.4, -0.2) is 22.8 Å². The Kier molecular flexibility index (Phi) is 4.45. The molecule has 0 aliphatic carbocycles. The summed E-state index contributed by atoms with van der Waals surface area (Å²) >= 11 is 13.4. The molecule has 0 fully saturated rings.